The highest BCUT2D eigenvalue weighted by molar-refractivity contribution is 7.89. The van der Waals surface area contributed by atoms with E-state index in [0.717, 1.165) is 12.0 Å². The molecule has 1 saturated heterocycles. The fraction of sp³-hybridized carbons (Fsp3) is 0.316. The zero-order valence-electron chi connectivity index (χ0n) is 15.2. The lowest BCUT2D eigenvalue weighted by Gasteiger charge is -2.26. The Hall–Kier alpha value is -1.64. The number of rotatable bonds is 5. The monoisotopic (exact) mass is 442 g/mol. The summed E-state index contributed by atoms with van der Waals surface area (Å²) in [5, 5.41) is 2.86. The molecule has 0 saturated carbocycles. The third-order valence-corrected chi connectivity index (χ3v) is 7.18. The number of amides is 1. The van der Waals surface area contributed by atoms with Crippen LogP contribution in [0.1, 0.15) is 22.8 Å². The average molecular weight is 443 g/mol. The number of anilines is 1. The molecule has 1 N–H and O–H groups in total. The molecule has 1 aliphatic rings. The van der Waals surface area contributed by atoms with Crippen LogP contribution in [0.3, 0.4) is 0 Å². The normalized spacial score (nSPS) is 15.4. The van der Waals surface area contributed by atoms with E-state index in [2.05, 4.69) is 5.32 Å². The molecule has 0 radical (unpaired) electrons. The Morgan fingerprint density at radius 2 is 1.82 bits per heavy atom. The number of carbonyl (C=O) groups is 1. The maximum Gasteiger partial charge on any atom is 0.257 e. The molecule has 0 atom stereocenters. The highest BCUT2D eigenvalue weighted by Crippen LogP contribution is 2.31. The molecule has 0 unspecified atom stereocenters. The molecule has 1 amide bonds. The van der Waals surface area contributed by atoms with Gasteiger partial charge in [-0.2, -0.15) is 4.31 Å². The number of para-hydroxylation sites is 1. The highest BCUT2D eigenvalue weighted by atomic mass is 35.5. The molecule has 2 aromatic rings. The molecular weight excluding hydrogens is 423 g/mol. The molecule has 9 heteroatoms. The number of sulfonamides is 1. The van der Waals surface area contributed by atoms with Gasteiger partial charge in [-0.05, 0) is 30.2 Å². The van der Waals surface area contributed by atoms with E-state index in [1.165, 1.54) is 16.4 Å². The van der Waals surface area contributed by atoms with E-state index in [1.807, 2.05) is 25.1 Å². The first kappa shape index (κ1) is 21.1. The lowest BCUT2D eigenvalue weighted by atomic mass is 10.1. The van der Waals surface area contributed by atoms with Gasteiger partial charge in [0.25, 0.3) is 5.91 Å². The number of aryl methyl sites for hydroxylation is 1. The maximum absolute atomic E-state index is 13.0. The lowest BCUT2D eigenvalue weighted by Crippen LogP contribution is -2.40. The molecule has 1 heterocycles. The second-order valence-corrected chi connectivity index (χ2v) is 8.96. The van der Waals surface area contributed by atoms with Crippen molar-refractivity contribution in [1.29, 1.82) is 0 Å². The molecule has 0 bridgehead atoms. The first-order valence-corrected chi connectivity index (χ1v) is 11.0. The lowest BCUT2D eigenvalue weighted by molar-refractivity contribution is 0.0730. The van der Waals surface area contributed by atoms with Crippen molar-refractivity contribution < 1.29 is 17.9 Å². The third kappa shape index (κ3) is 4.34. The minimum absolute atomic E-state index is 0.0259. The van der Waals surface area contributed by atoms with Crippen LogP contribution in [0.4, 0.5) is 5.69 Å². The molecule has 150 valence electrons. The van der Waals surface area contributed by atoms with Crippen molar-refractivity contribution in [3.05, 3.63) is 57.6 Å². The molecule has 2 aromatic carbocycles. The zero-order chi connectivity index (χ0) is 20.3. The average Bonchev–Trinajstić information content (AvgIpc) is 2.68. The van der Waals surface area contributed by atoms with E-state index in [4.69, 9.17) is 27.9 Å². The standard InChI is InChI=1S/C19H20Cl2N2O4S/c1-2-13-5-3-4-6-17(13)22-19(24)14-11-18(16(21)12-15(14)20)28(25,26)23-7-9-27-10-8-23/h3-6,11-12H,2,7-10H2,1H3,(H,22,24). The van der Waals surface area contributed by atoms with Crippen molar-refractivity contribution in [2.75, 3.05) is 31.6 Å². The van der Waals surface area contributed by atoms with E-state index in [9.17, 15) is 13.2 Å². The van der Waals surface area contributed by atoms with Crippen LogP contribution in [0.15, 0.2) is 41.3 Å². The molecule has 1 fully saturated rings. The molecule has 28 heavy (non-hydrogen) atoms. The largest absolute Gasteiger partial charge is 0.379 e. The van der Waals surface area contributed by atoms with Gasteiger partial charge in [-0.3, -0.25) is 4.79 Å². The van der Waals surface area contributed by atoms with Crippen LogP contribution in [0.5, 0.6) is 0 Å². The van der Waals surface area contributed by atoms with E-state index in [-0.39, 0.29) is 33.6 Å². The third-order valence-electron chi connectivity index (χ3n) is 4.50. The van der Waals surface area contributed by atoms with Gasteiger partial charge in [-0.1, -0.05) is 48.3 Å². The number of nitrogens with zero attached hydrogens (tertiary/aromatic N) is 1. The highest BCUT2D eigenvalue weighted by Gasteiger charge is 2.30. The number of hydrogen-bond acceptors (Lipinski definition) is 4. The van der Waals surface area contributed by atoms with Crippen molar-refractivity contribution >= 4 is 44.8 Å². The summed E-state index contributed by atoms with van der Waals surface area (Å²) in [6, 6.07) is 9.92. The molecular formula is C19H20Cl2N2O4S. The quantitative estimate of drug-likeness (QED) is 0.762. The Morgan fingerprint density at radius 3 is 2.50 bits per heavy atom. The predicted octanol–water partition coefficient (Wildman–Crippen LogP) is 3.83. The summed E-state index contributed by atoms with van der Waals surface area (Å²) < 4.78 is 32.4. The fourth-order valence-corrected chi connectivity index (χ4v) is 5.21. The van der Waals surface area contributed by atoms with Crippen molar-refractivity contribution in [2.24, 2.45) is 0 Å². The Kier molecular flexibility index (Phi) is 6.62. The number of ether oxygens (including phenoxy) is 1. The molecule has 3 rings (SSSR count). The van der Waals surface area contributed by atoms with Crippen LogP contribution in [0.2, 0.25) is 10.0 Å². The fourth-order valence-electron chi connectivity index (χ4n) is 2.97. The van der Waals surface area contributed by atoms with Gasteiger partial charge in [0.15, 0.2) is 0 Å². The van der Waals surface area contributed by atoms with Gasteiger partial charge >= 0.3 is 0 Å². The van der Waals surface area contributed by atoms with Crippen molar-refractivity contribution in [3.63, 3.8) is 0 Å². The summed E-state index contributed by atoms with van der Waals surface area (Å²) in [4.78, 5) is 12.7. The van der Waals surface area contributed by atoms with Crippen LogP contribution in [0, 0.1) is 0 Å². The van der Waals surface area contributed by atoms with Crippen LogP contribution >= 0.6 is 23.2 Å². The van der Waals surface area contributed by atoms with Gasteiger partial charge in [0.1, 0.15) is 4.90 Å². The van der Waals surface area contributed by atoms with E-state index >= 15 is 0 Å². The van der Waals surface area contributed by atoms with Crippen LogP contribution in [-0.4, -0.2) is 44.9 Å². The molecule has 6 nitrogen and oxygen atoms in total. The number of halogens is 2. The Bertz CT molecular complexity index is 989. The van der Waals surface area contributed by atoms with Crippen LogP contribution in [0.25, 0.3) is 0 Å². The zero-order valence-corrected chi connectivity index (χ0v) is 17.6. The Morgan fingerprint density at radius 1 is 1.14 bits per heavy atom. The number of hydrogen-bond donors (Lipinski definition) is 1. The van der Waals surface area contributed by atoms with E-state index in [1.54, 1.807) is 6.07 Å². The summed E-state index contributed by atoms with van der Waals surface area (Å²) in [6.45, 7) is 3.06. The molecule has 0 aliphatic carbocycles. The minimum Gasteiger partial charge on any atom is -0.379 e. The summed E-state index contributed by atoms with van der Waals surface area (Å²) in [5.74, 6) is -0.499. The number of morpholine rings is 1. The SMILES string of the molecule is CCc1ccccc1NC(=O)c1cc(S(=O)(=O)N2CCOCC2)c(Cl)cc1Cl. The van der Waals surface area contributed by atoms with Gasteiger partial charge in [-0.15, -0.1) is 0 Å². The first-order chi connectivity index (χ1) is 13.3. The van der Waals surface area contributed by atoms with E-state index < -0.39 is 15.9 Å². The second kappa shape index (κ2) is 8.80. The van der Waals surface area contributed by atoms with Crippen molar-refractivity contribution in [3.8, 4) is 0 Å². The smallest absolute Gasteiger partial charge is 0.257 e. The maximum atomic E-state index is 13.0. The summed E-state index contributed by atoms with van der Waals surface area (Å²) in [6.07, 6.45) is 0.738. The van der Waals surface area contributed by atoms with Gasteiger partial charge in [0, 0.05) is 18.8 Å². The molecule has 0 aromatic heterocycles. The summed E-state index contributed by atoms with van der Waals surface area (Å²) in [5.41, 5.74) is 1.66. The van der Waals surface area contributed by atoms with Gasteiger partial charge in [-0.25, -0.2) is 8.42 Å². The summed E-state index contributed by atoms with van der Waals surface area (Å²) in [7, 11) is -3.87. The van der Waals surface area contributed by atoms with Gasteiger partial charge in [0.2, 0.25) is 10.0 Å². The summed E-state index contributed by atoms with van der Waals surface area (Å²) >= 11 is 12.4. The second-order valence-electron chi connectivity index (χ2n) is 6.24. The molecule has 1 aliphatic heterocycles. The topological polar surface area (TPSA) is 75.7 Å². The minimum atomic E-state index is -3.87. The van der Waals surface area contributed by atoms with Crippen LogP contribution in [-0.2, 0) is 21.2 Å². The number of carbonyl (C=O) groups excluding carboxylic acids is 1. The first-order valence-electron chi connectivity index (χ1n) is 8.80. The van der Waals surface area contributed by atoms with Crippen LogP contribution < -0.4 is 5.32 Å². The number of nitrogens with one attached hydrogen (secondary N) is 1. The van der Waals surface area contributed by atoms with Gasteiger partial charge < -0.3 is 10.1 Å². The molecule has 0 spiro atoms. The van der Waals surface area contributed by atoms with Gasteiger partial charge in [0.05, 0.1) is 28.8 Å². The Balaban J connectivity index is 1.96. The predicted molar refractivity (Wildman–Crippen MR) is 110 cm³/mol. The number of benzene rings is 2. The van der Waals surface area contributed by atoms with Crippen molar-refractivity contribution in [1.82, 2.24) is 4.31 Å². The van der Waals surface area contributed by atoms with E-state index in [0.29, 0.717) is 18.9 Å². The Labute approximate surface area is 174 Å². The van der Waals surface area contributed by atoms with Crippen molar-refractivity contribution in [2.45, 2.75) is 18.2 Å².